The van der Waals surface area contributed by atoms with Crippen molar-refractivity contribution in [1.29, 1.82) is 0 Å². The van der Waals surface area contributed by atoms with Crippen LogP contribution in [-0.4, -0.2) is 16.3 Å². The van der Waals surface area contributed by atoms with Gasteiger partial charge in [-0.15, -0.1) is 0 Å². The number of hydrogen-bond donors (Lipinski definition) is 1. The number of hydrogen-bond acceptors (Lipinski definition) is 2. The molecular formula is C10H17N3. The Morgan fingerprint density at radius 3 is 3.00 bits per heavy atom. The van der Waals surface area contributed by atoms with E-state index in [-0.39, 0.29) is 0 Å². The van der Waals surface area contributed by atoms with Crippen molar-refractivity contribution in [2.75, 3.05) is 6.54 Å². The van der Waals surface area contributed by atoms with Gasteiger partial charge in [-0.2, -0.15) is 5.10 Å². The van der Waals surface area contributed by atoms with Crippen LogP contribution in [0.5, 0.6) is 0 Å². The summed E-state index contributed by atoms with van der Waals surface area (Å²) in [6.07, 6.45) is 2.99. The van der Waals surface area contributed by atoms with Crippen molar-refractivity contribution in [2.24, 2.45) is 7.05 Å². The van der Waals surface area contributed by atoms with Gasteiger partial charge in [0.15, 0.2) is 0 Å². The van der Waals surface area contributed by atoms with Gasteiger partial charge in [-0.3, -0.25) is 4.68 Å². The molecule has 0 bridgehead atoms. The molecule has 0 unspecified atom stereocenters. The van der Waals surface area contributed by atoms with Crippen LogP contribution in [-0.2, 0) is 13.6 Å². The average Bonchev–Trinajstić information content (AvgIpc) is 2.51. The Bertz CT molecular complexity index is 275. The molecule has 1 aromatic rings. The fraction of sp³-hybridized carbons (Fsp3) is 0.500. The largest absolute Gasteiger partial charge is 0.307 e. The second-order valence-electron chi connectivity index (χ2n) is 3.19. The van der Waals surface area contributed by atoms with Crippen molar-refractivity contribution in [3.05, 3.63) is 30.1 Å². The van der Waals surface area contributed by atoms with Crippen molar-refractivity contribution < 1.29 is 0 Å². The number of aromatic nitrogens is 2. The van der Waals surface area contributed by atoms with E-state index in [1.54, 1.807) is 0 Å². The third-order valence-electron chi connectivity index (χ3n) is 1.95. The maximum Gasteiger partial charge on any atom is 0.0762 e. The Hall–Kier alpha value is -1.09. The van der Waals surface area contributed by atoms with Crippen molar-refractivity contribution in [3.8, 4) is 0 Å². The van der Waals surface area contributed by atoms with Crippen molar-refractivity contribution in [2.45, 2.75) is 19.9 Å². The van der Waals surface area contributed by atoms with Gasteiger partial charge in [0.05, 0.1) is 5.69 Å². The van der Waals surface area contributed by atoms with Crippen LogP contribution in [0.1, 0.15) is 19.0 Å². The highest BCUT2D eigenvalue weighted by Gasteiger charge is 1.95. The Balaban J connectivity index is 2.24. The van der Waals surface area contributed by atoms with Crippen LogP contribution in [0.3, 0.4) is 0 Å². The summed E-state index contributed by atoms with van der Waals surface area (Å²) in [4.78, 5) is 0. The highest BCUT2D eigenvalue weighted by Crippen LogP contribution is 1.96. The number of rotatable bonds is 5. The van der Waals surface area contributed by atoms with E-state index < -0.39 is 0 Å². The first-order valence-electron chi connectivity index (χ1n) is 4.58. The predicted octanol–water partition coefficient (Wildman–Crippen LogP) is 1.48. The van der Waals surface area contributed by atoms with Gasteiger partial charge in [0, 0.05) is 26.3 Å². The maximum atomic E-state index is 4.26. The number of nitrogens with zero attached hydrogens (tertiary/aromatic N) is 2. The van der Waals surface area contributed by atoms with Gasteiger partial charge in [-0.05, 0) is 12.5 Å². The molecule has 0 aliphatic carbocycles. The van der Waals surface area contributed by atoms with E-state index in [4.69, 9.17) is 0 Å². The van der Waals surface area contributed by atoms with Crippen LogP contribution in [0.4, 0.5) is 0 Å². The Kier molecular flexibility index (Phi) is 3.71. The highest BCUT2D eigenvalue weighted by atomic mass is 15.3. The summed E-state index contributed by atoms with van der Waals surface area (Å²) in [5.74, 6) is 0. The van der Waals surface area contributed by atoms with E-state index in [2.05, 4.69) is 23.9 Å². The van der Waals surface area contributed by atoms with E-state index >= 15 is 0 Å². The molecule has 1 N–H and O–H groups in total. The molecule has 0 aliphatic heterocycles. The van der Waals surface area contributed by atoms with Crippen LogP contribution in [0.2, 0.25) is 0 Å². The van der Waals surface area contributed by atoms with E-state index in [9.17, 15) is 0 Å². The Morgan fingerprint density at radius 2 is 2.46 bits per heavy atom. The predicted molar refractivity (Wildman–Crippen MR) is 54.3 cm³/mol. The lowest BCUT2D eigenvalue weighted by atomic mass is 10.2. The molecule has 0 aliphatic rings. The SMILES string of the molecule is C=C(CC)CNCc1ccn(C)n1. The summed E-state index contributed by atoms with van der Waals surface area (Å²) >= 11 is 0. The molecule has 0 amide bonds. The van der Waals surface area contributed by atoms with Gasteiger partial charge in [-0.1, -0.05) is 19.1 Å². The second kappa shape index (κ2) is 4.82. The fourth-order valence-electron chi connectivity index (χ4n) is 1.05. The van der Waals surface area contributed by atoms with Crippen LogP contribution in [0.25, 0.3) is 0 Å². The molecule has 72 valence electrons. The summed E-state index contributed by atoms with van der Waals surface area (Å²) in [6, 6.07) is 2.02. The summed E-state index contributed by atoms with van der Waals surface area (Å²) in [7, 11) is 1.93. The fourth-order valence-corrected chi connectivity index (χ4v) is 1.05. The Morgan fingerprint density at radius 1 is 1.69 bits per heavy atom. The van der Waals surface area contributed by atoms with Gasteiger partial charge in [0.2, 0.25) is 0 Å². The van der Waals surface area contributed by atoms with Crippen LogP contribution < -0.4 is 5.32 Å². The molecule has 0 fully saturated rings. The lowest BCUT2D eigenvalue weighted by Crippen LogP contribution is -2.16. The molecule has 0 saturated carbocycles. The summed E-state index contributed by atoms with van der Waals surface area (Å²) in [5.41, 5.74) is 2.31. The van der Waals surface area contributed by atoms with Crippen molar-refractivity contribution >= 4 is 0 Å². The zero-order chi connectivity index (χ0) is 9.68. The second-order valence-corrected chi connectivity index (χ2v) is 3.19. The van der Waals surface area contributed by atoms with Crippen LogP contribution in [0, 0.1) is 0 Å². The maximum absolute atomic E-state index is 4.26. The minimum atomic E-state index is 0.819. The monoisotopic (exact) mass is 179 g/mol. The zero-order valence-electron chi connectivity index (χ0n) is 8.38. The summed E-state index contributed by atoms with van der Waals surface area (Å²) in [6.45, 7) is 7.74. The van der Waals surface area contributed by atoms with Gasteiger partial charge in [0.25, 0.3) is 0 Å². The summed E-state index contributed by atoms with van der Waals surface area (Å²) in [5, 5.41) is 7.55. The van der Waals surface area contributed by atoms with Crippen LogP contribution >= 0.6 is 0 Å². The van der Waals surface area contributed by atoms with Crippen molar-refractivity contribution in [3.63, 3.8) is 0 Å². The first-order chi connectivity index (χ1) is 6.22. The van der Waals surface area contributed by atoms with Crippen LogP contribution in [0.15, 0.2) is 24.4 Å². The normalized spacial score (nSPS) is 10.3. The minimum Gasteiger partial charge on any atom is -0.307 e. The molecule has 3 nitrogen and oxygen atoms in total. The van der Waals surface area contributed by atoms with E-state index in [1.165, 1.54) is 5.57 Å². The first-order valence-corrected chi connectivity index (χ1v) is 4.58. The minimum absolute atomic E-state index is 0.819. The number of aryl methyl sites for hydroxylation is 1. The number of nitrogens with one attached hydrogen (secondary N) is 1. The molecular weight excluding hydrogens is 162 g/mol. The molecule has 1 aromatic heterocycles. The molecule has 0 atom stereocenters. The lowest BCUT2D eigenvalue weighted by molar-refractivity contribution is 0.679. The first kappa shape index (κ1) is 9.99. The van der Waals surface area contributed by atoms with Gasteiger partial charge in [0.1, 0.15) is 0 Å². The zero-order valence-corrected chi connectivity index (χ0v) is 8.38. The molecule has 13 heavy (non-hydrogen) atoms. The van der Waals surface area contributed by atoms with Crippen molar-refractivity contribution in [1.82, 2.24) is 15.1 Å². The molecule has 3 heteroatoms. The van der Waals surface area contributed by atoms with E-state index in [0.717, 1.165) is 25.2 Å². The molecule has 0 saturated heterocycles. The third kappa shape index (κ3) is 3.42. The molecule has 1 rings (SSSR count). The molecule has 0 aromatic carbocycles. The summed E-state index contributed by atoms with van der Waals surface area (Å²) < 4.78 is 1.81. The standard InChI is InChI=1S/C10H17N3/c1-4-9(2)7-11-8-10-5-6-13(3)12-10/h5-6,11H,2,4,7-8H2,1,3H3. The molecule has 0 spiro atoms. The van der Waals surface area contributed by atoms with E-state index in [0.29, 0.717) is 0 Å². The van der Waals surface area contributed by atoms with Gasteiger partial charge >= 0.3 is 0 Å². The van der Waals surface area contributed by atoms with Gasteiger partial charge in [-0.25, -0.2) is 0 Å². The Labute approximate surface area is 79.5 Å². The van der Waals surface area contributed by atoms with E-state index in [1.807, 2.05) is 24.0 Å². The molecule has 1 heterocycles. The lowest BCUT2D eigenvalue weighted by Gasteiger charge is -2.02. The third-order valence-corrected chi connectivity index (χ3v) is 1.95. The smallest absolute Gasteiger partial charge is 0.0762 e. The average molecular weight is 179 g/mol. The highest BCUT2D eigenvalue weighted by molar-refractivity contribution is 5.00. The van der Waals surface area contributed by atoms with Gasteiger partial charge < -0.3 is 5.32 Å². The topological polar surface area (TPSA) is 29.9 Å². The quantitative estimate of drug-likeness (QED) is 0.694. The molecule has 0 radical (unpaired) electrons.